The molecule has 1 aliphatic heterocycles. The molecule has 1 aliphatic carbocycles. The number of aromatic nitrogens is 2. The number of H-pyrrole nitrogens is 1. The summed E-state index contributed by atoms with van der Waals surface area (Å²) in [6.07, 6.45) is 1.71. The summed E-state index contributed by atoms with van der Waals surface area (Å²) in [5.41, 5.74) is 6.46. The Morgan fingerprint density at radius 3 is 2.60 bits per heavy atom. The van der Waals surface area contributed by atoms with Crippen molar-refractivity contribution in [2.45, 2.75) is 13.0 Å². The van der Waals surface area contributed by atoms with Crippen LogP contribution in [0.5, 0.6) is 5.75 Å². The lowest BCUT2D eigenvalue weighted by Gasteiger charge is -2.21. The molecule has 0 aromatic carbocycles. The number of hydrogen-bond donors (Lipinski definition) is 4. The van der Waals surface area contributed by atoms with Crippen molar-refractivity contribution < 1.29 is 15.0 Å². The highest BCUT2D eigenvalue weighted by Crippen LogP contribution is 2.45. The predicted molar refractivity (Wildman–Crippen MR) is 90.8 cm³/mol. The molecule has 4 rings (SSSR count). The third-order valence-electron chi connectivity index (χ3n) is 5.28. The minimum Gasteiger partial charge on any atom is -0.506 e. The van der Waals surface area contributed by atoms with E-state index in [1.54, 1.807) is 12.3 Å². The highest BCUT2D eigenvalue weighted by molar-refractivity contribution is 5.91. The van der Waals surface area contributed by atoms with Crippen LogP contribution in [0.1, 0.15) is 15.9 Å². The first-order chi connectivity index (χ1) is 11.9. The molecule has 0 spiro atoms. The van der Waals surface area contributed by atoms with Crippen LogP contribution in [0.15, 0.2) is 23.1 Å². The van der Waals surface area contributed by atoms with Gasteiger partial charge in [0.1, 0.15) is 5.75 Å². The van der Waals surface area contributed by atoms with E-state index in [9.17, 15) is 14.7 Å². The third kappa shape index (κ3) is 2.37. The molecule has 8 nitrogen and oxygen atoms in total. The first-order valence-corrected chi connectivity index (χ1v) is 8.04. The number of carboxylic acids is 1. The summed E-state index contributed by atoms with van der Waals surface area (Å²) in [7, 11) is 0. The van der Waals surface area contributed by atoms with E-state index in [-0.39, 0.29) is 5.56 Å². The number of hydrogen-bond acceptors (Lipinski definition) is 6. The van der Waals surface area contributed by atoms with E-state index >= 15 is 0 Å². The van der Waals surface area contributed by atoms with Crippen LogP contribution in [-0.4, -0.2) is 45.3 Å². The highest BCUT2D eigenvalue weighted by Gasteiger charge is 2.53. The minimum atomic E-state index is -1.47. The van der Waals surface area contributed by atoms with E-state index in [0.29, 0.717) is 29.3 Å². The van der Waals surface area contributed by atoms with Gasteiger partial charge < -0.3 is 25.8 Å². The second kappa shape index (κ2) is 5.32. The lowest BCUT2D eigenvalue weighted by Crippen LogP contribution is -2.28. The monoisotopic (exact) mass is 342 g/mol. The molecular formula is C17H18N4O4. The summed E-state index contributed by atoms with van der Waals surface area (Å²) in [6, 6.07) is 3.97. The molecule has 25 heavy (non-hydrogen) atoms. The number of nitrogens with one attached hydrogen (secondary N) is 1. The number of aromatic carboxylic acids is 1. The predicted octanol–water partition coefficient (Wildman–Crippen LogP) is 0.542. The van der Waals surface area contributed by atoms with Crippen LogP contribution in [0.2, 0.25) is 0 Å². The van der Waals surface area contributed by atoms with Gasteiger partial charge in [0.05, 0.1) is 23.3 Å². The summed E-state index contributed by atoms with van der Waals surface area (Å²) in [5, 5.41) is 19.1. The molecule has 0 radical (unpaired) electrons. The molecule has 8 heteroatoms. The zero-order chi connectivity index (χ0) is 17.9. The highest BCUT2D eigenvalue weighted by atomic mass is 16.4. The van der Waals surface area contributed by atoms with Gasteiger partial charge in [0.15, 0.2) is 5.56 Å². The quantitative estimate of drug-likeness (QED) is 0.640. The molecule has 130 valence electrons. The molecule has 0 bridgehead atoms. The Balaban J connectivity index is 1.65. The Morgan fingerprint density at radius 1 is 1.36 bits per heavy atom. The lowest BCUT2D eigenvalue weighted by molar-refractivity contribution is 0.0691. The summed E-state index contributed by atoms with van der Waals surface area (Å²) < 4.78 is 0. The number of rotatable bonds is 3. The minimum absolute atomic E-state index is 0.269. The smallest absolute Gasteiger partial charge is 0.345 e. The Bertz CT molecular complexity index is 909. The average Bonchev–Trinajstić information content (AvgIpc) is 2.98. The zero-order valence-electron chi connectivity index (χ0n) is 13.6. The van der Waals surface area contributed by atoms with Crippen LogP contribution in [0.25, 0.3) is 11.4 Å². The van der Waals surface area contributed by atoms with E-state index in [2.05, 4.69) is 14.9 Å². The fraction of sp³-hybridized carbons (Fsp3) is 0.353. The number of pyridine rings is 2. The van der Waals surface area contributed by atoms with Crippen LogP contribution in [0.3, 0.4) is 0 Å². The van der Waals surface area contributed by atoms with Crippen LogP contribution < -0.4 is 16.2 Å². The number of aromatic hydroxyl groups is 1. The maximum absolute atomic E-state index is 11.9. The molecule has 1 saturated carbocycles. The standard InChI is InChI=1S/C17H18N4O4/c1-7-14(20-16(23)12(15(7)22)17(24)25)11-3-2-8(4-19-11)21-5-9-10(6-21)13(9)18/h2-4,9-10,13H,5-6,18H2,1H3,(H,24,25)(H2,20,22,23)/t9-,10+,13+. The van der Waals surface area contributed by atoms with Crippen molar-refractivity contribution in [1.29, 1.82) is 0 Å². The van der Waals surface area contributed by atoms with Gasteiger partial charge in [-0.2, -0.15) is 0 Å². The van der Waals surface area contributed by atoms with Crippen LogP contribution in [0.4, 0.5) is 5.69 Å². The summed E-state index contributed by atoms with van der Waals surface area (Å²) in [6.45, 7) is 3.39. The van der Waals surface area contributed by atoms with Gasteiger partial charge in [-0.15, -0.1) is 0 Å². The van der Waals surface area contributed by atoms with Gasteiger partial charge in [0.25, 0.3) is 5.56 Å². The van der Waals surface area contributed by atoms with Crippen molar-refractivity contribution in [2.75, 3.05) is 18.0 Å². The SMILES string of the molecule is Cc1c(-c2ccc(N3C[C@@H]4[C@@H](N)[C@@H]4C3)cn2)[nH]c(=O)c(C(=O)O)c1O. The number of carboxylic acid groups (broad SMARTS) is 1. The fourth-order valence-corrected chi connectivity index (χ4v) is 3.64. The van der Waals surface area contributed by atoms with Crippen molar-refractivity contribution in [3.05, 3.63) is 39.8 Å². The molecule has 2 fully saturated rings. The zero-order valence-corrected chi connectivity index (χ0v) is 13.6. The molecule has 2 aromatic rings. The van der Waals surface area contributed by atoms with Crippen LogP contribution in [-0.2, 0) is 0 Å². The number of aromatic amines is 1. The molecule has 3 heterocycles. The van der Waals surface area contributed by atoms with Crippen LogP contribution >= 0.6 is 0 Å². The second-order valence-electron chi connectivity index (χ2n) is 6.69. The van der Waals surface area contributed by atoms with Gasteiger partial charge in [-0.3, -0.25) is 9.78 Å². The normalized spacial score (nSPS) is 24.2. The fourth-order valence-electron chi connectivity index (χ4n) is 3.64. The van der Waals surface area contributed by atoms with Gasteiger partial charge in [0, 0.05) is 24.7 Å². The van der Waals surface area contributed by atoms with Crippen LogP contribution in [0, 0.1) is 18.8 Å². The average molecular weight is 342 g/mol. The molecule has 2 aromatic heterocycles. The number of piperidine rings is 1. The van der Waals surface area contributed by atoms with Crippen molar-refractivity contribution in [3.8, 4) is 17.1 Å². The van der Waals surface area contributed by atoms with Crippen molar-refractivity contribution >= 4 is 11.7 Å². The Kier molecular flexibility index (Phi) is 3.33. The first-order valence-electron chi connectivity index (χ1n) is 8.04. The van der Waals surface area contributed by atoms with Gasteiger partial charge in [-0.05, 0) is 30.9 Å². The van der Waals surface area contributed by atoms with E-state index in [0.717, 1.165) is 18.8 Å². The van der Waals surface area contributed by atoms with Gasteiger partial charge in [-0.25, -0.2) is 4.79 Å². The Hall–Kier alpha value is -2.87. The summed E-state index contributed by atoms with van der Waals surface area (Å²) >= 11 is 0. The molecule has 2 aliphatic rings. The van der Waals surface area contributed by atoms with Gasteiger partial charge in [-0.1, -0.05) is 0 Å². The Labute approximate surface area is 142 Å². The molecule has 0 unspecified atom stereocenters. The van der Waals surface area contributed by atoms with Gasteiger partial charge in [0.2, 0.25) is 0 Å². The summed E-state index contributed by atoms with van der Waals surface area (Å²) in [4.78, 5) is 32.1. The van der Waals surface area contributed by atoms with Crippen molar-refractivity contribution in [3.63, 3.8) is 0 Å². The molecule has 0 amide bonds. The van der Waals surface area contributed by atoms with Gasteiger partial charge >= 0.3 is 5.97 Å². The molecule has 5 N–H and O–H groups in total. The van der Waals surface area contributed by atoms with E-state index < -0.39 is 22.8 Å². The van der Waals surface area contributed by atoms with Crippen molar-refractivity contribution in [2.24, 2.45) is 17.6 Å². The maximum Gasteiger partial charge on any atom is 0.345 e. The largest absolute Gasteiger partial charge is 0.506 e. The summed E-state index contributed by atoms with van der Waals surface area (Å²) in [5.74, 6) is -0.870. The number of nitrogens with two attached hydrogens (primary N) is 1. The second-order valence-corrected chi connectivity index (χ2v) is 6.69. The number of fused-ring (bicyclic) bond motifs is 1. The topological polar surface area (TPSA) is 133 Å². The lowest BCUT2D eigenvalue weighted by atomic mass is 10.1. The number of anilines is 1. The first kappa shape index (κ1) is 15.6. The van der Waals surface area contributed by atoms with Crippen molar-refractivity contribution in [1.82, 2.24) is 9.97 Å². The Morgan fingerprint density at radius 2 is 2.04 bits per heavy atom. The van der Waals surface area contributed by atoms with E-state index in [4.69, 9.17) is 10.8 Å². The van der Waals surface area contributed by atoms with E-state index in [1.807, 2.05) is 6.07 Å². The molecule has 3 atom stereocenters. The maximum atomic E-state index is 11.9. The van der Waals surface area contributed by atoms with E-state index in [1.165, 1.54) is 6.92 Å². The number of nitrogens with zero attached hydrogens (tertiary/aromatic N) is 2. The molecular weight excluding hydrogens is 324 g/mol. The number of carbonyl (C=O) groups is 1. The molecule has 1 saturated heterocycles. The third-order valence-corrected chi connectivity index (χ3v) is 5.28.